The van der Waals surface area contributed by atoms with Crippen molar-refractivity contribution >= 4 is 29.2 Å². The van der Waals surface area contributed by atoms with E-state index in [0.29, 0.717) is 23.2 Å². The summed E-state index contributed by atoms with van der Waals surface area (Å²) in [5.74, 6) is -0.0391. The molecule has 2 saturated heterocycles. The van der Waals surface area contributed by atoms with Crippen LogP contribution in [0, 0.1) is 0 Å². The lowest BCUT2D eigenvalue weighted by Gasteiger charge is -2.62. The molecule has 1 aromatic carbocycles. The van der Waals surface area contributed by atoms with Crippen LogP contribution in [0.1, 0.15) is 38.1 Å². The van der Waals surface area contributed by atoms with Crippen LogP contribution < -0.4 is 4.90 Å². The molecule has 0 saturated carbocycles. The third-order valence-electron chi connectivity index (χ3n) is 4.30. The van der Waals surface area contributed by atoms with Gasteiger partial charge in [0.25, 0.3) is 0 Å². The van der Waals surface area contributed by atoms with Crippen LogP contribution in [-0.4, -0.2) is 47.6 Å². The zero-order chi connectivity index (χ0) is 16.9. The second-order valence-electron chi connectivity index (χ2n) is 7.14. The first-order chi connectivity index (χ1) is 10.7. The number of nitrogens with zero attached hydrogens (tertiary/aromatic N) is 2. The molecule has 5 nitrogen and oxygen atoms in total. The molecule has 2 aliphatic heterocycles. The van der Waals surface area contributed by atoms with Crippen molar-refractivity contribution in [1.82, 2.24) is 4.90 Å². The molecule has 1 aromatic rings. The van der Waals surface area contributed by atoms with Gasteiger partial charge in [-0.15, -0.1) is 0 Å². The van der Waals surface area contributed by atoms with Crippen LogP contribution in [-0.2, 0) is 4.74 Å². The van der Waals surface area contributed by atoms with Crippen molar-refractivity contribution in [2.24, 2.45) is 0 Å². The molecule has 2 heterocycles. The van der Waals surface area contributed by atoms with Crippen molar-refractivity contribution < 1.29 is 14.3 Å². The molecule has 23 heavy (non-hydrogen) atoms. The lowest BCUT2D eigenvalue weighted by Crippen LogP contribution is -2.80. The lowest BCUT2D eigenvalue weighted by molar-refractivity contribution is -0.0309. The molecule has 1 unspecified atom stereocenters. The molecule has 0 spiro atoms. The number of amides is 1. The van der Waals surface area contributed by atoms with E-state index in [4.69, 9.17) is 16.3 Å². The summed E-state index contributed by atoms with van der Waals surface area (Å²) in [6.07, 6.45) is -0.247. The number of carbonyl (C=O) groups excluding carboxylic acids is 2. The molecule has 0 aliphatic carbocycles. The van der Waals surface area contributed by atoms with Crippen molar-refractivity contribution in [3.05, 3.63) is 28.8 Å². The molecule has 0 aromatic heterocycles. The van der Waals surface area contributed by atoms with Crippen LogP contribution in [0.3, 0.4) is 0 Å². The van der Waals surface area contributed by atoms with Gasteiger partial charge in [0, 0.05) is 24.3 Å². The number of hydrogen-bond donors (Lipinski definition) is 0. The van der Waals surface area contributed by atoms with Crippen molar-refractivity contribution in [2.75, 3.05) is 18.0 Å². The molecule has 2 fully saturated rings. The Morgan fingerprint density at radius 3 is 2.39 bits per heavy atom. The van der Waals surface area contributed by atoms with E-state index in [0.717, 1.165) is 12.2 Å². The van der Waals surface area contributed by atoms with Crippen LogP contribution >= 0.6 is 11.6 Å². The SMILES string of the molecule is CC(=O)c1ccc(N2C[C@@H]3C2CN3C(=O)OC(C)(C)C)cc1Cl. The lowest BCUT2D eigenvalue weighted by atomic mass is 9.85. The van der Waals surface area contributed by atoms with Gasteiger partial charge in [-0.05, 0) is 45.9 Å². The summed E-state index contributed by atoms with van der Waals surface area (Å²) < 4.78 is 5.41. The molecule has 6 heteroatoms. The van der Waals surface area contributed by atoms with E-state index in [1.807, 2.05) is 32.9 Å². The quantitative estimate of drug-likeness (QED) is 0.777. The van der Waals surface area contributed by atoms with Crippen LogP contribution in [0.2, 0.25) is 5.02 Å². The van der Waals surface area contributed by atoms with Gasteiger partial charge in [0.2, 0.25) is 0 Å². The van der Waals surface area contributed by atoms with Gasteiger partial charge in [-0.2, -0.15) is 0 Å². The Balaban J connectivity index is 1.63. The van der Waals surface area contributed by atoms with Crippen molar-refractivity contribution in [3.63, 3.8) is 0 Å². The van der Waals surface area contributed by atoms with Gasteiger partial charge >= 0.3 is 6.09 Å². The number of piperazine rings is 1. The molecule has 124 valence electrons. The van der Waals surface area contributed by atoms with Crippen LogP contribution in [0.15, 0.2) is 18.2 Å². The number of carbonyl (C=O) groups is 2. The minimum absolute atomic E-state index is 0.0391. The molecular formula is C17H21ClN2O3. The number of ether oxygens (including phenoxy) is 1. The number of rotatable bonds is 2. The van der Waals surface area contributed by atoms with Crippen LogP contribution in [0.5, 0.6) is 0 Å². The fourth-order valence-corrected chi connectivity index (χ4v) is 3.36. The minimum Gasteiger partial charge on any atom is -0.444 e. The van der Waals surface area contributed by atoms with E-state index in [-0.39, 0.29) is 17.9 Å². The van der Waals surface area contributed by atoms with E-state index in [9.17, 15) is 9.59 Å². The number of fused-ring (bicyclic) bond motifs is 1. The Morgan fingerprint density at radius 1 is 1.22 bits per heavy atom. The Hall–Kier alpha value is -1.75. The standard InChI is InChI=1S/C17H21ClN2O3/c1-10(21)12-6-5-11(7-13(12)18)19-8-15-14(19)9-20(15)16(22)23-17(2,3)4/h5-7,14-15H,8-9H2,1-4H3/t14?,15-/m1/s1. The molecule has 2 atom stereocenters. The van der Waals surface area contributed by atoms with Crippen molar-refractivity contribution in [2.45, 2.75) is 45.4 Å². The molecule has 0 radical (unpaired) electrons. The van der Waals surface area contributed by atoms with Gasteiger partial charge in [0.1, 0.15) is 5.60 Å². The van der Waals surface area contributed by atoms with Crippen molar-refractivity contribution in [3.8, 4) is 0 Å². The first-order valence-electron chi connectivity index (χ1n) is 7.74. The number of benzene rings is 1. The second-order valence-corrected chi connectivity index (χ2v) is 7.55. The van der Waals surface area contributed by atoms with E-state index in [1.54, 1.807) is 11.0 Å². The number of halogens is 1. The predicted molar refractivity (Wildman–Crippen MR) is 89.3 cm³/mol. The zero-order valence-electron chi connectivity index (χ0n) is 13.8. The average Bonchev–Trinajstić information content (AvgIpc) is 2.38. The first-order valence-corrected chi connectivity index (χ1v) is 8.12. The Morgan fingerprint density at radius 2 is 1.91 bits per heavy atom. The molecular weight excluding hydrogens is 316 g/mol. The monoisotopic (exact) mass is 336 g/mol. The van der Waals surface area contributed by atoms with Gasteiger partial charge in [0.05, 0.1) is 17.1 Å². The Kier molecular flexibility index (Phi) is 3.79. The number of Topliss-reactive ketones (excluding diaryl/α,β-unsaturated/α-hetero) is 1. The highest BCUT2D eigenvalue weighted by atomic mass is 35.5. The Bertz CT molecular complexity index is 668. The minimum atomic E-state index is -0.471. The van der Waals surface area contributed by atoms with Gasteiger partial charge in [-0.25, -0.2) is 4.79 Å². The summed E-state index contributed by atoms with van der Waals surface area (Å²) >= 11 is 6.17. The third-order valence-corrected chi connectivity index (χ3v) is 4.62. The molecule has 0 N–H and O–H groups in total. The van der Waals surface area contributed by atoms with E-state index >= 15 is 0 Å². The van der Waals surface area contributed by atoms with Gasteiger partial charge in [0.15, 0.2) is 5.78 Å². The van der Waals surface area contributed by atoms with Crippen LogP contribution in [0.25, 0.3) is 0 Å². The number of ketones is 1. The Labute approximate surface area is 141 Å². The normalized spacial score (nSPS) is 22.8. The van der Waals surface area contributed by atoms with Crippen molar-refractivity contribution in [1.29, 1.82) is 0 Å². The number of hydrogen-bond acceptors (Lipinski definition) is 4. The first kappa shape index (κ1) is 16.1. The second kappa shape index (κ2) is 5.41. The summed E-state index contributed by atoms with van der Waals surface area (Å²) in [7, 11) is 0. The van der Waals surface area contributed by atoms with Gasteiger partial charge in [-0.1, -0.05) is 11.6 Å². The highest BCUT2D eigenvalue weighted by molar-refractivity contribution is 6.34. The van der Waals surface area contributed by atoms with E-state index in [1.165, 1.54) is 6.92 Å². The van der Waals surface area contributed by atoms with E-state index in [2.05, 4.69) is 4.90 Å². The summed E-state index contributed by atoms with van der Waals surface area (Å²) in [4.78, 5) is 27.5. The molecule has 2 aliphatic rings. The smallest absolute Gasteiger partial charge is 0.410 e. The fraction of sp³-hybridized carbons (Fsp3) is 0.529. The van der Waals surface area contributed by atoms with Gasteiger partial charge in [-0.3, -0.25) is 9.69 Å². The number of anilines is 1. The predicted octanol–water partition coefficient (Wildman–Crippen LogP) is 3.35. The summed E-state index contributed by atoms with van der Waals surface area (Å²) in [5, 5.41) is 0.474. The summed E-state index contributed by atoms with van der Waals surface area (Å²) in [6.45, 7) is 8.53. The molecule has 0 bridgehead atoms. The highest BCUT2D eigenvalue weighted by Gasteiger charge is 2.54. The maximum Gasteiger partial charge on any atom is 0.410 e. The topological polar surface area (TPSA) is 49.9 Å². The fourth-order valence-electron chi connectivity index (χ4n) is 3.05. The number of likely N-dealkylation sites (tertiary alicyclic amines) is 1. The summed E-state index contributed by atoms with van der Waals surface area (Å²) in [6, 6.07) is 6.01. The third kappa shape index (κ3) is 2.90. The largest absolute Gasteiger partial charge is 0.444 e. The van der Waals surface area contributed by atoms with Gasteiger partial charge < -0.3 is 9.64 Å². The zero-order valence-corrected chi connectivity index (χ0v) is 14.6. The van der Waals surface area contributed by atoms with E-state index < -0.39 is 5.60 Å². The maximum absolute atomic E-state index is 12.1. The average molecular weight is 337 g/mol. The summed E-state index contributed by atoms with van der Waals surface area (Å²) in [5.41, 5.74) is 1.06. The molecule has 1 amide bonds. The highest BCUT2D eigenvalue weighted by Crippen LogP contribution is 2.39. The maximum atomic E-state index is 12.1. The van der Waals surface area contributed by atoms with Crippen LogP contribution in [0.4, 0.5) is 10.5 Å². The molecule has 3 rings (SSSR count).